The number of rotatable bonds is 9. The van der Waals surface area contributed by atoms with Crippen molar-refractivity contribution in [3.8, 4) is 11.6 Å². The molecule has 2 rings (SSSR count). The maximum Gasteiger partial charge on any atom is 0.219 e. The van der Waals surface area contributed by atoms with Crippen molar-refractivity contribution >= 4 is 41.7 Å². The molecule has 0 radical (unpaired) electrons. The van der Waals surface area contributed by atoms with Gasteiger partial charge in [0.25, 0.3) is 0 Å². The summed E-state index contributed by atoms with van der Waals surface area (Å²) in [5.74, 6) is 3.41. The molecule has 0 amide bonds. The van der Waals surface area contributed by atoms with Gasteiger partial charge in [0.15, 0.2) is 5.96 Å². The van der Waals surface area contributed by atoms with Gasteiger partial charge in [0.05, 0.1) is 0 Å². The van der Waals surface area contributed by atoms with Gasteiger partial charge in [-0.3, -0.25) is 4.99 Å². The summed E-state index contributed by atoms with van der Waals surface area (Å²) < 4.78 is 5.90. The minimum atomic E-state index is 0. The number of halogens is 1. The standard InChI is InChI=1S/C21H30N4OS.HI/c1-16-7-8-19(13-17(16)2)26-20-14-18(9-11-23-20)15-25-21(22-3)24-10-5-6-12-27-4;/h7-9,11,13-14H,5-6,10,12,15H2,1-4H3,(H2,22,24,25);1H. The topological polar surface area (TPSA) is 58.5 Å². The summed E-state index contributed by atoms with van der Waals surface area (Å²) in [6.07, 6.45) is 6.27. The van der Waals surface area contributed by atoms with Gasteiger partial charge in [-0.05, 0) is 73.6 Å². The minimum Gasteiger partial charge on any atom is -0.439 e. The van der Waals surface area contributed by atoms with Crippen molar-refractivity contribution in [2.45, 2.75) is 33.2 Å². The molecule has 0 saturated carbocycles. The van der Waals surface area contributed by atoms with E-state index in [4.69, 9.17) is 4.74 Å². The Balaban J connectivity index is 0.00000392. The number of nitrogens with one attached hydrogen (secondary N) is 2. The van der Waals surface area contributed by atoms with Crippen LogP contribution in [-0.4, -0.2) is 36.5 Å². The Labute approximate surface area is 190 Å². The van der Waals surface area contributed by atoms with Crippen LogP contribution in [0, 0.1) is 13.8 Å². The van der Waals surface area contributed by atoms with Gasteiger partial charge in [-0.25, -0.2) is 4.98 Å². The zero-order valence-corrected chi connectivity index (χ0v) is 20.3. The summed E-state index contributed by atoms with van der Waals surface area (Å²) in [5, 5.41) is 6.68. The molecule has 1 aromatic carbocycles. The molecule has 0 spiro atoms. The predicted octanol–water partition coefficient (Wildman–Crippen LogP) is 4.92. The fraction of sp³-hybridized carbons (Fsp3) is 0.429. The third-order valence-corrected chi connectivity index (χ3v) is 4.95. The van der Waals surface area contributed by atoms with Crippen LogP contribution in [0.3, 0.4) is 0 Å². The number of ether oxygens (including phenoxy) is 1. The average Bonchev–Trinajstić information content (AvgIpc) is 2.67. The summed E-state index contributed by atoms with van der Waals surface area (Å²) in [6.45, 7) is 5.76. The molecule has 2 N–H and O–H groups in total. The summed E-state index contributed by atoms with van der Waals surface area (Å²) in [6, 6.07) is 9.99. The second-order valence-electron chi connectivity index (χ2n) is 6.40. The number of thioether (sulfide) groups is 1. The van der Waals surface area contributed by atoms with Crippen LogP contribution in [0.25, 0.3) is 0 Å². The lowest BCUT2D eigenvalue weighted by Gasteiger charge is -2.12. The second kappa shape index (κ2) is 13.7. The fourth-order valence-corrected chi connectivity index (χ4v) is 2.99. The quantitative estimate of drug-likeness (QED) is 0.216. The van der Waals surface area contributed by atoms with Crippen molar-refractivity contribution < 1.29 is 4.74 Å². The number of guanidine groups is 1. The van der Waals surface area contributed by atoms with Crippen LogP contribution in [0.15, 0.2) is 41.5 Å². The molecule has 0 aliphatic carbocycles. The Kier molecular flexibility index (Phi) is 12.0. The Hall–Kier alpha value is -1.48. The number of aryl methyl sites for hydroxylation is 2. The third-order valence-electron chi connectivity index (χ3n) is 4.25. The molecule has 0 unspecified atom stereocenters. The monoisotopic (exact) mass is 514 g/mol. The lowest BCUT2D eigenvalue weighted by molar-refractivity contribution is 0.461. The van der Waals surface area contributed by atoms with Crippen molar-refractivity contribution in [3.63, 3.8) is 0 Å². The first-order valence-electron chi connectivity index (χ1n) is 9.26. The van der Waals surface area contributed by atoms with Crippen molar-refractivity contribution in [2.24, 2.45) is 4.99 Å². The third kappa shape index (κ3) is 8.68. The molecule has 0 aliphatic rings. The normalized spacial score (nSPS) is 10.9. The highest BCUT2D eigenvalue weighted by molar-refractivity contribution is 14.0. The number of hydrogen-bond donors (Lipinski definition) is 2. The minimum absolute atomic E-state index is 0. The number of benzene rings is 1. The SMILES string of the molecule is CN=C(NCCCCSC)NCc1ccnc(Oc2ccc(C)c(C)c2)c1.I. The van der Waals surface area contributed by atoms with E-state index < -0.39 is 0 Å². The fourth-order valence-electron chi connectivity index (χ4n) is 2.50. The highest BCUT2D eigenvalue weighted by Crippen LogP contribution is 2.22. The number of aromatic nitrogens is 1. The molecular weight excluding hydrogens is 483 g/mol. The van der Waals surface area contributed by atoms with Gasteiger partial charge in [-0.2, -0.15) is 11.8 Å². The van der Waals surface area contributed by atoms with E-state index in [1.54, 1.807) is 13.2 Å². The van der Waals surface area contributed by atoms with Crippen LogP contribution >= 0.6 is 35.7 Å². The smallest absolute Gasteiger partial charge is 0.219 e. The van der Waals surface area contributed by atoms with Crippen molar-refractivity contribution in [1.82, 2.24) is 15.6 Å². The molecule has 0 saturated heterocycles. The number of hydrogen-bond acceptors (Lipinski definition) is 4. The van der Waals surface area contributed by atoms with Gasteiger partial charge in [0.2, 0.25) is 5.88 Å². The summed E-state index contributed by atoms with van der Waals surface area (Å²) in [5.41, 5.74) is 3.55. The molecule has 2 aromatic rings. The van der Waals surface area contributed by atoms with Crippen LogP contribution < -0.4 is 15.4 Å². The lowest BCUT2D eigenvalue weighted by Crippen LogP contribution is -2.37. The summed E-state index contributed by atoms with van der Waals surface area (Å²) >= 11 is 1.89. The largest absolute Gasteiger partial charge is 0.439 e. The maximum atomic E-state index is 5.90. The van der Waals surface area contributed by atoms with E-state index in [0.29, 0.717) is 12.4 Å². The molecule has 0 aliphatic heterocycles. The molecule has 0 bridgehead atoms. The number of aliphatic imine (C=N–C) groups is 1. The molecule has 0 atom stereocenters. The number of nitrogens with zero attached hydrogens (tertiary/aromatic N) is 2. The number of unbranched alkanes of at least 4 members (excludes halogenated alkanes) is 1. The molecule has 28 heavy (non-hydrogen) atoms. The maximum absolute atomic E-state index is 5.90. The zero-order valence-electron chi connectivity index (χ0n) is 17.1. The van der Waals surface area contributed by atoms with Crippen molar-refractivity contribution in [1.29, 1.82) is 0 Å². The lowest BCUT2D eigenvalue weighted by atomic mass is 10.1. The van der Waals surface area contributed by atoms with Gasteiger partial charge in [-0.1, -0.05) is 6.07 Å². The predicted molar refractivity (Wildman–Crippen MR) is 131 cm³/mol. The first-order chi connectivity index (χ1) is 13.1. The Morgan fingerprint density at radius 3 is 2.64 bits per heavy atom. The Morgan fingerprint density at radius 1 is 1.11 bits per heavy atom. The number of pyridine rings is 1. The molecule has 5 nitrogen and oxygen atoms in total. The highest BCUT2D eigenvalue weighted by Gasteiger charge is 2.04. The van der Waals surface area contributed by atoms with E-state index in [1.165, 1.54) is 23.3 Å². The van der Waals surface area contributed by atoms with Crippen LogP contribution in [0.2, 0.25) is 0 Å². The second-order valence-corrected chi connectivity index (χ2v) is 7.39. The van der Waals surface area contributed by atoms with Crippen molar-refractivity contribution in [2.75, 3.05) is 25.6 Å². The van der Waals surface area contributed by atoms with E-state index in [0.717, 1.165) is 30.2 Å². The molecule has 1 heterocycles. The molecule has 1 aromatic heterocycles. The first-order valence-corrected chi connectivity index (χ1v) is 10.6. The Morgan fingerprint density at radius 2 is 1.93 bits per heavy atom. The summed E-state index contributed by atoms with van der Waals surface area (Å²) in [4.78, 5) is 8.59. The van der Waals surface area contributed by atoms with Crippen LogP contribution in [-0.2, 0) is 6.54 Å². The van der Waals surface area contributed by atoms with Crippen LogP contribution in [0.5, 0.6) is 11.6 Å². The van der Waals surface area contributed by atoms with E-state index in [9.17, 15) is 0 Å². The van der Waals surface area contributed by atoms with Crippen LogP contribution in [0.1, 0.15) is 29.5 Å². The van der Waals surface area contributed by atoms with E-state index in [2.05, 4.69) is 46.8 Å². The highest BCUT2D eigenvalue weighted by atomic mass is 127. The molecule has 0 fully saturated rings. The van der Waals surface area contributed by atoms with Gasteiger partial charge >= 0.3 is 0 Å². The summed E-state index contributed by atoms with van der Waals surface area (Å²) in [7, 11) is 1.79. The van der Waals surface area contributed by atoms with Gasteiger partial charge in [-0.15, -0.1) is 24.0 Å². The van der Waals surface area contributed by atoms with Crippen molar-refractivity contribution in [3.05, 3.63) is 53.2 Å². The van der Waals surface area contributed by atoms with Crippen LogP contribution in [0.4, 0.5) is 0 Å². The average molecular weight is 514 g/mol. The zero-order chi connectivity index (χ0) is 19.5. The molecule has 154 valence electrons. The van der Waals surface area contributed by atoms with E-state index >= 15 is 0 Å². The van der Waals surface area contributed by atoms with E-state index in [1.807, 2.05) is 36.0 Å². The molecule has 7 heteroatoms. The Bertz CT molecular complexity index is 755. The van der Waals surface area contributed by atoms with Gasteiger partial charge in [0, 0.05) is 32.4 Å². The molecular formula is C21H31IN4OS. The first kappa shape index (κ1) is 24.6. The van der Waals surface area contributed by atoms with Gasteiger partial charge in [0.1, 0.15) is 5.75 Å². The van der Waals surface area contributed by atoms with E-state index in [-0.39, 0.29) is 24.0 Å². The van der Waals surface area contributed by atoms with Gasteiger partial charge < -0.3 is 15.4 Å².